The Labute approximate surface area is 118 Å². The molecule has 20 heavy (non-hydrogen) atoms. The number of nitrogen functional groups attached to an aromatic ring is 1. The van der Waals surface area contributed by atoms with Crippen molar-refractivity contribution in [3.8, 4) is 0 Å². The fourth-order valence-corrected chi connectivity index (χ4v) is 3.08. The van der Waals surface area contributed by atoms with Gasteiger partial charge in [0, 0.05) is 32.7 Å². The average molecular weight is 278 g/mol. The van der Waals surface area contributed by atoms with Crippen molar-refractivity contribution in [1.82, 2.24) is 20.0 Å². The lowest BCUT2D eigenvalue weighted by atomic mass is 10.2. The minimum atomic E-state index is 0.0564. The molecule has 0 aliphatic carbocycles. The molecule has 1 aromatic heterocycles. The van der Waals surface area contributed by atoms with Crippen molar-refractivity contribution >= 4 is 17.5 Å². The molecule has 1 unspecified atom stereocenters. The van der Waals surface area contributed by atoms with Gasteiger partial charge in [0.05, 0.1) is 17.4 Å². The van der Waals surface area contributed by atoms with E-state index in [1.54, 1.807) is 0 Å². The van der Waals surface area contributed by atoms with Gasteiger partial charge >= 0.3 is 6.03 Å². The number of fused-ring (bicyclic) bond motifs is 1. The van der Waals surface area contributed by atoms with E-state index >= 15 is 0 Å². The molecule has 7 heteroatoms. The molecule has 3 N–H and O–H groups in total. The largest absolute Gasteiger partial charge is 0.394 e. The zero-order valence-corrected chi connectivity index (χ0v) is 12.1. The molecule has 110 valence electrons. The number of aryl methyl sites for hydroxylation is 2. The van der Waals surface area contributed by atoms with Gasteiger partial charge in [-0.3, -0.25) is 0 Å². The summed E-state index contributed by atoms with van der Waals surface area (Å²) in [5.41, 5.74) is 7.86. The SMILES string of the molecule is CCCn1nc(C)c(N)c1N1CCN2C(=O)NCC2C1. The van der Waals surface area contributed by atoms with E-state index < -0.39 is 0 Å². The first-order chi connectivity index (χ1) is 9.61. The average Bonchev–Trinajstić information content (AvgIpc) is 2.92. The highest BCUT2D eigenvalue weighted by Crippen LogP contribution is 2.29. The second-order valence-corrected chi connectivity index (χ2v) is 5.53. The Kier molecular flexibility index (Phi) is 3.19. The predicted octanol–water partition coefficient (Wildman–Crippen LogP) is 0.398. The molecule has 1 atom stereocenters. The first-order valence-corrected chi connectivity index (χ1v) is 7.24. The summed E-state index contributed by atoms with van der Waals surface area (Å²) in [5, 5.41) is 7.43. The number of nitrogens with zero attached hydrogens (tertiary/aromatic N) is 4. The molecule has 3 heterocycles. The van der Waals surface area contributed by atoms with Gasteiger partial charge in [-0.15, -0.1) is 0 Å². The molecule has 0 saturated carbocycles. The summed E-state index contributed by atoms with van der Waals surface area (Å²) in [6, 6.07) is 0.293. The summed E-state index contributed by atoms with van der Waals surface area (Å²) in [5.74, 6) is 1.02. The van der Waals surface area contributed by atoms with Crippen LogP contribution in [0, 0.1) is 6.92 Å². The van der Waals surface area contributed by atoms with Gasteiger partial charge in [0.15, 0.2) is 5.82 Å². The number of rotatable bonds is 3. The summed E-state index contributed by atoms with van der Waals surface area (Å²) in [7, 11) is 0. The van der Waals surface area contributed by atoms with Crippen molar-refractivity contribution in [2.75, 3.05) is 36.8 Å². The number of nitrogens with one attached hydrogen (secondary N) is 1. The number of aromatic nitrogens is 2. The number of nitrogens with two attached hydrogens (primary N) is 1. The van der Waals surface area contributed by atoms with Crippen LogP contribution in [0.15, 0.2) is 0 Å². The maximum atomic E-state index is 11.6. The summed E-state index contributed by atoms with van der Waals surface area (Å²) in [4.78, 5) is 15.8. The second-order valence-electron chi connectivity index (χ2n) is 5.53. The summed E-state index contributed by atoms with van der Waals surface area (Å²) in [6.07, 6.45) is 1.02. The fraction of sp³-hybridized carbons (Fsp3) is 0.692. The third-order valence-corrected chi connectivity index (χ3v) is 4.11. The number of anilines is 2. The highest BCUT2D eigenvalue weighted by molar-refractivity contribution is 5.77. The van der Waals surface area contributed by atoms with Crippen LogP contribution in [-0.2, 0) is 6.54 Å². The Morgan fingerprint density at radius 1 is 1.45 bits per heavy atom. The number of amides is 2. The minimum absolute atomic E-state index is 0.0564. The fourth-order valence-electron chi connectivity index (χ4n) is 3.08. The molecule has 2 aliphatic heterocycles. The Hall–Kier alpha value is -1.92. The van der Waals surface area contributed by atoms with Crippen LogP contribution in [0.25, 0.3) is 0 Å². The van der Waals surface area contributed by atoms with Crippen LogP contribution < -0.4 is 16.0 Å². The van der Waals surface area contributed by atoms with Gasteiger partial charge in [-0.2, -0.15) is 5.10 Å². The van der Waals surface area contributed by atoms with Crippen LogP contribution in [0.2, 0.25) is 0 Å². The first kappa shape index (κ1) is 13.1. The maximum absolute atomic E-state index is 11.6. The smallest absolute Gasteiger partial charge is 0.317 e. The summed E-state index contributed by atoms with van der Waals surface area (Å²) < 4.78 is 2.00. The molecule has 1 aromatic rings. The first-order valence-electron chi connectivity index (χ1n) is 7.24. The van der Waals surface area contributed by atoms with Crippen molar-refractivity contribution < 1.29 is 4.79 Å². The summed E-state index contributed by atoms with van der Waals surface area (Å²) in [6.45, 7) is 8.04. The van der Waals surface area contributed by atoms with Gasteiger partial charge in [-0.1, -0.05) is 6.92 Å². The molecule has 0 aromatic carbocycles. The van der Waals surface area contributed by atoms with Crippen LogP contribution >= 0.6 is 0 Å². The molecule has 2 aliphatic rings. The second kappa shape index (κ2) is 4.88. The molecule has 3 rings (SSSR count). The Morgan fingerprint density at radius 2 is 2.25 bits per heavy atom. The van der Waals surface area contributed by atoms with E-state index in [1.165, 1.54) is 0 Å². The van der Waals surface area contributed by atoms with E-state index in [2.05, 4.69) is 22.2 Å². The van der Waals surface area contributed by atoms with E-state index in [1.807, 2.05) is 16.5 Å². The normalized spacial score (nSPS) is 22.1. The number of urea groups is 1. The Morgan fingerprint density at radius 3 is 3.00 bits per heavy atom. The molecule has 2 fully saturated rings. The predicted molar refractivity (Wildman–Crippen MR) is 77.8 cm³/mol. The minimum Gasteiger partial charge on any atom is -0.394 e. The molecule has 0 radical (unpaired) electrons. The van der Waals surface area contributed by atoms with E-state index in [0.29, 0.717) is 0 Å². The molecule has 2 amide bonds. The monoisotopic (exact) mass is 278 g/mol. The van der Waals surface area contributed by atoms with Crippen LogP contribution in [0.5, 0.6) is 0 Å². The summed E-state index contributed by atoms with van der Waals surface area (Å²) >= 11 is 0. The number of carbonyl (C=O) groups is 1. The van der Waals surface area contributed by atoms with E-state index in [-0.39, 0.29) is 12.1 Å². The van der Waals surface area contributed by atoms with Gasteiger partial charge in [0.2, 0.25) is 0 Å². The molecular weight excluding hydrogens is 256 g/mol. The molecule has 7 nitrogen and oxygen atoms in total. The van der Waals surface area contributed by atoms with E-state index in [0.717, 1.165) is 56.3 Å². The quantitative estimate of drug-likeness (QED) is 0.838. The highest BCUT2D eigenvalue weighted by Gasteiger charge is 2.36. The van der Waals surface area contributed by atoms with E-state index in [4.69, 9.17) is 5.73 Å². The van der Waals surface area contributed by atoms with Crippen LogP contribution in [0.4, 0.5) is 16.3 Å². The van der Waals surface area contributed by atoms with Crippen molar-refractivity contribution in [2.45, 2.75) is 32.9 Å². The van der Waals surface area contributed by atoms with Gasteiger partial charge in [-0.25, -0.2) is 9.48 Å². The van der Waals surface area contributed by atoms with Gasteiger partial charge in [-0.05, 0) is 13.3 Å². The molecular formula is C13H22N6O. The molecule has 2 saturated heterocycles. The van der Waals surface area contributed by atoms with E-state index in [9.17, 15) is 4.79 Å². The molecule has 0 bridgehead atoms. The third kappa shape index (κ3) is 1.97. The number of piperazine rings is 1. The van der Waals surface area contributed by atoms with Crippen molar-refractivity contribution in [3.63, 3.8) is 0 Å². The van der Waals surface area contributed by atoms with Crippen LogP contribution in [0.1, 0.15) is 19.0 Å². The highest BCUT2D eigenvalue weighted by atomic mass is 16.2. The van der Waals surface area contributed by atoms with Crippen molar-refractivity contribution in [3.05, 3.63) is 5.69 Å². The van der Waals surface area contributed by atoms with Crippen molar-refractivity contribution in [1.29, 1.82) is 0 Å². The lowest BCUT2D eigenvalue weighted by molar-refractivity contribution is 0.197. The van der Waals surface area contributed by atoms with Gasteiger partial charge < -0.3 is 20.9 Å². The third-order valence-electron chi connectivity index (χ3n) is 4.11. The van der Waals surface area contributed by atoms with Gasteiger partial charge in [0.25, 0.3) is 0 Å². The van der Waals surface area contributed by atoms with Gasteiger partial charge in [0.1, 0.15) is 0 Å². The number of carbonyl (C=O) groups excluding carboxylic acids is 1. The zero-order chi connectivity index (χ0) is 14.3. The molecule has 0 spiro atoms. The lowest BCUT2D eigenvalue weighted by Crippen LogP contribution is -2.52. The Bertz CT molecular complexity index is 525. The van der Waals surface area contributed by atoms with Crippen LogP contribution in [-0.4, -0.2) is 52.9 Å². The van der Waals surface area contributed by atoms with Crippen molar-refractivity contribution in [2.24, 2.45) is 0 Å². The topological polar surface area (TPSA) is 79.4 Å². The lowest BCUT2D eigenvalue weighted by Gasteiger charge is -2.37. The zero-order valence-electron chi connectivity index (χ0n) is 12.1. The standard InChI is InChI=1S/C13H22N6O/c1-3-4-19-12(11(14)9(2)16-19)17-5-6-18-10(8-17)7-15-13(18)20/h10H,3-8,14H2,1-2H3,(H,15,20). The maximum Gasteiger partial charge on any atom is 0.317 e. The Balaban J connectivity index is 1.85. The number of hydrogen-bond acceptors (Lipinski definition) is 4. The number of hydrogen-bond donors (Lipinski definition) is 2. The van der Waals surface area contributed by atoms with Crippen LogP contribution in [0.3, 0.4) is 0 Å².